The Morgan fingerprint density at radius 1 is 0.519 bits per heavy atom. The Morgan fingerprint density at radius 2 is 0.981 bits per heavy atom. The van der Waals surface area contributed by atoms with E-state index in [1.807, 2.05) is 0 Å². The van der Waals surface area contributed by atoms with Crippen molar-refractivity contribution in [2.75, 3.05) is 76.7 Å². The number of nitrogens with zero attached hydrogens (tertiary/aromatic N) is 5. The molecular formula is C76H89N5O27. The van der Waals surface area contributed by atoms with Gasteiger partial charge in [0, 0.05) is 70.4 Å². The molecule has 0 saturated carbocycles. The minimum Gasteiger partial charge on any atom is -0.493 e. The summed E-state index contributed by atoms with van der Waals surface area (Å²) in [7, 11) is 2.86. The van der Waals surface area contributed by atoms with Crippen LogP contribution in [0.15, 0.2) is 97.1 Å². The van der Waals surface area contributed by atoms with E-state index in [4.69, 9.17) is 47.4 Å². The molecule has 108 heavy (non-hydrogen) atoms. The van der Waals surface area contributed by atoms with Crippen molar-refractivity contribution in [3.8, 4) is 28.7 Å². The molecule has 580 valence electrons. The van der Waals surface area contributed by atoms with Gasteiger partial charge in [0.05, 0.1) is 85.8 Å². The zero-order valence-electron chi connectivity index (χ0n) is 59.9. The molecule has 6 amide bonds. The van der Waals surface area contributed by atoms with Crippen LogP contribution in [0.2, 0.25) is 0 Å². The van der Waals surface area contributed by atoms with Crippen LogP contribution in [0.1, 0.15) is 135 Å². The molecule has 7 aliphatic heterocycles. The van der Waals surface area contributed by atoms with E-state index in [-0.39, 0.29) is 158 Å². The zero-order valence-corrected chi connectivity index (χ0v) is 59.9. The van der Waals surface area contributed by atoms with Gasteiger partial charge in [-0.25, -0.2) is 19.4 Å². The van der Waals surface area contributed by atoms with Crippen LogP contribution in [-0.4, -0.2) is 249 Å². The fraction of sp³-hybridized carbons (Fsp3) is 0.487. The maximum absolute atomic E-state index is 14.6. The molecule has 0 aliphatic carbocycles. The lowest BCUT2D eigenvalue weighted by Gasteiger charge is -2.35. The summed E-state index contributed by atoms with van der Waals surface area (Å²) >= 11 is 0. The largest absolute Gasteiger partial charge is 0.493 e. The van der Waals surface area contributed by atoms with E-state index < -0.39 is 141 Å². The monoisotopic (exact) mass is 1500 g/mol. The number of benzene rings is 4. The van der Waals surface area contributed by atoms with Gasteiger partial charge in [0.15, 0.2) is 41.3 Å². The Balaban J connectivity index is 0.744. The summed E-state index contributed by atoms with van der Waals surface area (Å²) in [5.74, 6) is -2.96. The number of methoxy groups -OCH3 is 2. The van der Waals surface area contributed by atoms with Crippen LogP contribution in [0.5, 0.6) is 28.7 Å². The van der Waals surface area contributed by atoms with Crippen LogP contribution in [0.3, 0.4) is 0 Å². The van der Waals surface area contributed by atoms with Gasteiger partial charge in [0.2, 0.25) is 12.6 Å². The number of aryl methyl sites for hydroxylation is 1. The number of ketones is 3. The van der Waals surface area contributed by atoms with E-state index in [0.717, 1.165) is 26.9 Å². The van der Waals surface area contributed by atoms with Gasteiger partial charge in [0.25, 0.3) is 23.6 Å². The van der Waals surface area contributed by atoms with Crippen molar-refractivity contribution in [2.24, 2.45) is 0 Å². The van der Waals surface area contributed by atoms with Crippen LogP contribution >= 0.6 is 0 Å². The first kappa shape index (κ1) is 79.3. The summed E-state index contributed by atoms with van der Waals surface area (Å²) in [6.07, 6.45) is -12.6. The third-order valence-corrected chi connectivity index (χ3v) is 19.7. The highest BCUT2D eigenvalue weighted by Gasteiger charge is 2.49. The van der Waals surface area contributed by atoms with Crippen LogP contribution < -0.4 is 33.5 Å². The second kappa shape index (κ2) is 35.1. The highest BCUT2D eigenvalue weighted by Crippen LogP contribution is 2.44. The zero-order chi connectivity index (χ0) is 77.4. The number of hydrogen-bond donors (Lipinski definition) is 8. The number of unbranched alkanes of at least 4 members (excludes halogenated alkanes) is 4. The van der Waals surface area contributed by atoms with E-state index in [2.05, 4.69) is 13.2 Å². The Bertz CT molecular complexity index is 4130. The number of aliphatic hydroxyl groups excluding tert-OH is 8. The predicted molar refractivity (Wildman–Crippen MR) is 377 cm³/mol. The molecule has 4 fully saturated rings. The molecule has 32 heteroatoms. The van der Waals surface area contributed by atoms with Crippen LogP contribution in [-0.2, 0) is 51.3 Å². The Morgan fingerprint density at radius 3 is 1.48 bits per heavy atom. The quantitative estimate of drug-likeness (QED) is 0.0153. The van der Waals surface area contributed by atoms with Gasteiger partial charge < -0.3 is 98.0 Å². The normalized spacial score (nSPS) is 24.6. The smallest absolute Gasteiger partial charge is 0.416 e. The topological polar surface area (TPSA) is 424 Å². The minimum atomic E-state index is -1.72. The highest BCUT2D eigenvalue weighted by atomic mass is 16.7. The summed E-state index contributed by atoms with van der Waals surface area (Å²) in [6, 6.07) is 12.6. The molecule has 4 aromatic carbocycles. The minimum absolute atomic E-state index is 0.0109. The van der Waals surface area contributed by atoms with Crippen LogP contribution in [0, 0.1) is 6.92 Å². The van der Waals surface area contributed by atoms with E-state index >= 15 is 0 Å². The van der Waals surface area contributed by atoms with Gasteiger partial charge in [-0.05, 0) is 111 Å². The van der Waals surface area contributed by atoms with Crippen molar-refractivity contribution in [1.82, 2.24) is 14.7 Å². The summed E-state index contributed by atoms with van der Waals surface area (Å²) in [4.78, 5) is 128. The fourth-order valence-electron chi connectivity index (χ4n) is 13.8. The summed E-state index contributed by atoms with van der Waals surface area (Å²) < 4.78 is 57.9. The molecule has 2 unspecified atom stereocenters. The molecule has 4 saturated heterocycles. The average molecular weight is 1500 g/mol. The lowest BCUT2D eigenvalue weighted by Crippen LogP contribution is -2.54. The molecule has 0 radical (unpaired) electrons. The van der Waals surface area contributed by atoms with Crippen molar-refractivity contribution in [1.29, 1.82) is 0 Å². The number of rotatable bonds is 31. The number of imide groups is 1. The molecule has 8 N–H and O–H groups in total. The molecule has 11 rings (SSSR count). The molecular weight excluding hydrogens is 1410 g/mol. The number of aliphatic hydroxyl groups is 8. The van der Waals surface area contributed by atoms with Crippen molar-refractivity contribution >= 4 is 64.5 Å². The molecule has 0 bridgehead atoms. The van der Waals surface area contributed by atoms with Gasteiger partial charge in [-0.3, -0.25) is 38.5 Å². The molecule has 4 aromatic rings. The molecule has 32 nitrogen and oxygen atoms in total. The van der Waals surface area contributed by atoms with Crippen molar-refractivity contribution in [2.45, 2.75) is 171 Å². The van der Waals surface area contributed by atoms with Gasteiger partial charge in [-0.2, -0.15) is 0 Å². The number of hydrogen-bond acceptors (Lipinski definition) is 27. The number of carbonyl (C=O) groups excluding carboxylic acids is 9. The van der Waals surface area contributed by atoms with Crippen LogP contribution in [0.4, 0.5) is 21.0 Å². The third kappa shape index (κ3) is 17.7. The Hall–Kier alpha value is -9.71. The number of amides is 6. The average Bonchev–Trinajstić information content (AvgIpc) is 1.59. The predicted octanol–water partition coefficient (Wildman–Crippen LogP) is 4.00. The molecule has 0 spiro atoms. The Kier molecular flexibility index (Phi) is 25.8. The standard InChI is InChI=1S/C76H89N5O27/c1-40-25-52-71(95)80(75(97)105-36-43-16-18-58(107-73-67(91)65(89)56(85)38-103-73)48(28-43)54(83)14-9-6-8-13-45(82)35-79-63(87)20-21-64(79)88)50-31-60(42(3)27-46(50)69(93)77(52)33-40)101-23-10-7-11-24-102-62-32-51-47(30-61(62)100-5)70(94)78-34-41(2)26-53(78)72(96)81(51)76(98)106-37-44-17-19-59(49(29-44)55(84)15-12-22-99-4)108-74-68(92)66(90)57(86)39-104-74/h16-21,27-32,52-53,56-57,65-68,71-74,85-86,89-92,95-96H,1-2,6-15,22-26,33-39H2,3-5H3/t52-,53-,56+,57+,65-,66-,67+,68+,71?,72?,73-,74-/m0/s1. The van der Waals surface area contributed by atoms with E-state index in [1.54, 1.807) is 13.0 Å². The molecule has 7 aliphatic rings. The maximum Gasteiger partial charge on any atom is 0.416 e. The third-order valence-electron chi connectivity index (χ3n) is 19.7. The number of carbonyl (C=O) groups is 9. The number of fused-ring (bicyclic) bond motifs is 4. The van der Waals surface area contributed by atoms with E-state index in [1.165, 1.54) is 78.6 Å². The first-order chi connectivity index (χ1) is 51.7. The summed E-state index contributed by atoms with van der Waals surface area (Å²) in [5, 5.41) is 86.4. The number of ether oxygens (including phenoxy) is 10. The molecule has 0 aromatic heterocycles. The van der Waals surface area contributed by atoms with Crippen molar-refractivity contribution in [3.05, 3.63) is 136 Å². The van der Waals surface area contributed by atoms with E-state index in [9.17, 15) is 84.0 Å². The summed E-state index contributed by atoms with van der Waals surface area (Å²) in [5.41, 5.74) is 2.33. The first-order valence-corrected chi connectivity index (χ1v) is 35.6. The number of anilines is 2. The van der Waals surface area contributed by atoms with Crippen molar-refractivity contribution < 1.29 is 131 Å². The van der Waals surface area contributed by atoms with Crippen molar-refractivity contribution in [3.63, 3.8) is 0 Å². The summed E-state index contributed by atoms with van der Waals surface area (Å²) in [6.45, 7) is 8.42. The highest BCUT2D eigenvalue weighted by molar-refractivity contribution is 6.14. The SMILES string of the molecule is C=C1C[C@H]2C(O)N(C(=O)OCc3ccc(O[C@@H]4OC[C@@H](O)[C@H](O)[C@H]4O)c(C(=O)CCCCCC(=O)CN4C(=O)C=CC4=O)c3)c3cc(OCCCCCOc4cc5c(cc4OC)C(=O)N4CC(=C)C[C@H]4C(O)N5C(=O)OCc4ccc(O[C@@H]5OC[C@@H](O)[C@H](O)[C@H]5O)c(C(=O)CCCOC)c4)c(C)cc3C(=O)N2C1. The molecule has 12 atom stereocenters. The molecule has 7 heterocycles. The lowest BCUT2D eigenvalue weighted by molar-refractivity contribution is -0.242. The van der Waals surface area contributed by atoms with Gasteiger partial charge >= 0.3 is 12.2 Å². The number of Topliss-reactive ketones (excluding diaryl/α,β-unsaturated/α-hetero) is 3. The fourth-order valence-corrected chi connectivity index (χ4v) is 13.8. The second-order valence-corrected chi connectivity index (χ2v) is 27.5. The van der Waals surface area contributed by atoms with Gasteiger partial charge in [-0.1, -0.05) is 42.9 Å². The van der Waals surface area contributed by atoms with E-state index in [0.29, 0.717) is 60.8 Å². The van der Waals surface area contributed by atoms with Gasteiger partial charge in [-0.15, -0.1) is 0 Å². The Labute approximate surface area is 620 Å². The second-order valence-electron chi connectivity index (χ2n) is 27.5. The lowest BCUT2D eigenvalue weighted by atomic mass is 10.0. The maximum atomic E-state index is 14.6. The first-order valence-electron chi connectivity index (χ1n) is 35.6. The van der Waals surface area contributed by atoms with Crippen LogP contribution in [0.25, 0.3) is 0 Å². The van der Waals surface area contributed by atoms with Gasteiger partial charge in [0.1, 0.15) is 67.1 Å².